The Balaban J connectivity index is 1.16. The number of nitrogens with one attached hydrogen (secondary N) is 1. The summed E-state index contributed by atoms with van der Waals surface area (Å²) in [6.07, 6.45) is 4.79. The zero-order chi connectivity index (χ0) is 30.6. The molecule has 2 aromatic heterocycles. The first-order valence-corrected chi connectivity index (χ1v) is 14.0. The van der Waals surface area contributed by atoms with Crippen LogP contribution in [-0.4, -0.2) is 77.2 Å². The smallest absolute Gasteiger partial charge is 0.311 e. The van der Waals surface area contributed by atoms with Crippen LogP contribution in [0.2, 0.25) is 0 Å². The Hall–Kier alpha value is -4.63. The first-order valence-electron chi connectivity index (χ1n) is 14.0. The molecule has 43 heavy (non-hydrogen) atoms. The molecule has 3 N–H and O–H groups in total. The number of aromatic amines is 1. The second-order valence-corrected chi connectivity index (χ2v) is 10.6. The number of ether oxygens (including phenoxy) is 1. The number of H-pyrrole nitrogens is 1. The van der Waals surface area contributed by atoms with Gasteiger partial charge in [0.1, 0.15) is 5.75 Å². The molecule has 0 aliphatic carbocycles. The molecule has 224 valence electrons. The standard InChI is InChI=1S/C31H32F3N7O2/c1-20(32)31(33,34)19-43-28-14-21(5-7-25(28)29(35)42)23-17-38-30(39-18-23)41-12-10-40(11-13-41)9-3-4-22-16-37-27-8-6-24(36-2)15-26(22)27/h5-8,14-18,20,37H,3-4,9-13,19H2,1H3,(H2,35,42). The number of rotatable bonds is 11. The number of fused-ring (bicyclic) bond motifs is 1. The van der Waals surface area contributed by atoms with Crippen molar-refractivity contribution in [2.45, 2.75) is 31.9 Å². The lowest BCUT2D eigenvalue weighted by Crippen LogP contribution is -2.47. The molecule has 0 saturated carbocycles. The second-order valence-electron chi connectivity index (χ2n) is 10.6. The first-order chi connectivity index (χ1) is 20.6. The molecule has 2 aromatic carbocycles. The molecule has 12 heteroatoms. The second kappa shape index (κ2) is 12.7. The number of amides is 1. The predicted octanol–water partition coefficient (Wildman–Crippen LogP) is 5.40. The summed E-state index contributed by atoms with van der Waals surface area (Å²) < 4.78 is 45.9. The van der Waals surface area contributed by atoms with Crippen LogP contribution >= 0.6 is 0 Å². The number of primary amides is 1. The summed E-state index contributed by atoms with van der Waals surface area (Å²) in [6.45, 7) is 11.0. The molecule has 1 unspecified atom stereocenters. The highest BCUT2D eigenvalue weighted by Gasteiger charge is 2.38. The van der Waals surface area contributed by atoms with Crippen molar-refractivity contribution < 1.29 is 22.7 Å². The number of carbonyl (C=O) groups excluding carboxylic acids is 1. The number of alkyl halides is 3. The Morgan fingerprint density at radius 3 is 2.56 bits per heavy atom. The van der Waals surface area contributed by atoms with Crippen molar-refractivity contribution in [3.63, 3.8) is 0 Å². The summed E-state index contributed by atoms with van der Waals surface area (Å²) in [5.41, 5.74) is 9.33. The number of carbonyl (C=O) groups is 1. The molecule has 1 fully saturated rings. The highest BCUT2D eigenvalue weighted by Crippen LogP contribution is 2.30. The van der Waals surface area contributed by atoms with E-state index in [2.05, 4.69) is 29.6 Å². The highest BCUT2D eigenvalue weighted by atomic mass is 19.3. The number of nitrogens with zero attached hydrogens (tertiary/aromatic N) is 5. The van der Waals surface area contributed by atoms with Crippen LogP contribution in [-0.2, 0) is 6.42 Å². The molecule has 1 atom stereocenters. The van der Waals surface area contributed by atoms with E-state index < -0.39 is 24.6 Å². The Kier molecular flexibility index (Phi) is 8.82. The maximum absolute atomic E-state index is 13.8. The maximum Gasteiger partial charge on any atom is 0.311 e. The van der Waals surface area contributed by atoms with Gasteiger partial charge in [-0.2, -0.15) is 8.78 Å². The summed E-state index contributed by atoms with van der Waals surface area (Å²) in [6, 6.07) is 10.1. The fraction of sp³-hybridized carbons (Fsp3) is 0.355. The quantitative estimate of drug-likeness (QED) is 0.226. The third-order valence-corrected chi connectivity index (χ3v) is 7.68. The molecule has 3 heterocycles. The minimum Gasteiger partial charge on any atom is -0.486 e. The lowest BCUT2D eigenvalue weighted by molar-refractivity contribution is -0.0941. The van der Waals surface area contributed by atoms with Crippen LogP contribution < -0.4 is 15.4 Å². The molecule has 1 amide bonds. The van der Waals surface area contributed by atoms with Crippen LogP contribution in [0.1, 0.15) is 29.3 Å². The molecule has 0 spiro atoms. The van der Waals surface area contributed by atoms with Crippen molar-refractivity contribution in [3.05, 3.63) is 77.5 Å². The van der Waals surface area contributed by atoms with Crippen LogP contribution in [0.5, 0.6) is 5.75 Å². The van der Waals surface area contributed by atoms with E-state index in [0.29, 0.717) is 22.8 Å². The number of halogens is 3. The Labute approximate surface area is 247 Å². The average Bonchev–Trinajstić information content (AvgIpc) is 3.42. The van der Waals surface area contributed by atoms with E-state index in [0.717, 1.165) is 63.4 Å². The fourth-order valence-corrected chi connectivity index (χ4v) is 5.05. The SMILES string of the molecule is [C-]#[N+]c1ccc2[nH]cc(CCCN3CCN(c4ncc(-c5ccc(C(N)=O)c(OCC(F)(F)C(C)F)c5)cn4)CC3)c2c1. The predicted molar refractivity (Wildman–Crippen MR) is 159 cm³/mol. The zero-order valence-electron chi connectivity index (χ0n) is 23.7. The van der Waals surface area contributed by atoms with Gasteiger partial charge in [0.05, 0.1) is 12.1 Å². The van der Waals surface area contributed by atoms with Crippen LogP contribution in [0.25, 0.3) is 26.9 Å². The van der Waals surface area contributed by atoms with E-state index in [1.54, 1.807) is 18.5 Å². The van der Waals surface area contributed by atoms with Crippen molar-refractivity contribution >= 4 is 28.4 Å². The molecule has 9 nitrogen and oxygen atoms in total. The van der Waals surface area contributed by atoms with Gasteiger partial charge in [-0.3, -0.25) is 9.69 Å². The van der Waals surface area contributed by atoms with Crippen molar-refractivity contribution in [1.82, 2.24) is 19.9 Å². The van der Waals surface area contributed by atoms with Crippen molar-refractivity contribution in [2.75, 3.05) is 44.2 Å². The fourth-order valence-electron chi connectivity index (χ4n) is 5.05. The average molecular weight is 592 g/mol. The van der Waals surface area contributed by atoms with Crippen molar-refractivity contribution in [1.29, 1.82) is 0 Å². The lowest BCUT2D eigenvalue weighted by Gasteiger charge is -2.34. The number of hydrogen-bond donors (Lipinski definition) is 2. The van der Waals surface area contributed by atoms with Crippen LogP contribution in [0, 0.1) is 6.57 Å². The zero-order valence-corrected chi connectivity index (χ0v) is 23.7. The molecule has 4 aromatic rings. The largest absolute Gasteiger partial charge is 0.486 e. The van der Waals surface area contributed by atoms with E-state index in [-0.39, 0.29) is 11.3 Å². The number of anilines is 1. The number of aromatic nitrogens is 3. The third kappa shape index (κ3) is 6.89. The van der Waals surface area contributed by atoms with Crippen LogP contribution in [0.3, 0.4) is 0 Å². The maximum atomic E-state index is 13.8. The summed E-state index contributed by atoms with van der Waals surface area (Å²) in [5, 5.41) is 1.11. The number of piperazine rings is 1. The van der Waals surface area contributed by atoms with Gasteiger partial charge in [-0.15, -0.1) is 0 Å². The Morgan fingerprint density at radius 2 is 1.88 bits per heavy atom. The minimum atomic E-state index is -3.72. The van der Waals surface area contributed by atoms with E-state index in [9.17, 15) is 18.0 Å². The van der Waals surface area contributed by atoms with E-state index in [1.165, 1.54) is 17.7 Å². The van der Waals surface area contributed by atoms with Gasteiger partial charge in [-0.25, -0.2) is 19.2 Å². The normalized spacial score (nSPS) is 14.9. The van der Waals surface area contributed by atoms with Gasteiger partial charge >= 0.3 is 5.92 Å². The van der Waals surface area contributed by atoms with E-state index in [4.69, 9.17) is 17.0 Å². The topological polar surface area (TPSA) is 105 Å². The third-order valence-electron chi connectivity index (χ3n) is 7.68. The van der Waals surface area contributed by atoms with Gasteiger partial charge in [-0.1, -0.05) is 12.1 Å². The number of benzene rings is 2. The van der Waals surface area contributed by atoms with Gasteiger partial charge in [0.15, 0.2) is 18.5 Å². The summed E-state index contributed by atoms with van der Waals surface area (Å²) in [7, 11) is 0. The van der Waals surface area contributed by atoms with Crippen molar-refractivity contribution in [2.24, 2.45) is 5.73 Å². The minimum absolute atomic E-state index is 0.0860. The van der Waals surface area contributed by atoms with Gasteiger partial charge < -0.3 is 20.4 Å². The first kappa shape index (κ1) is 29.8. The van der Waals surface area contributed by atoms with Gasteiger partial charge in [0.2, 0.25) is 5.95 Å². The molecule has 0 radical (unpaired) electrons. The van der Waals surface area contributed by atoms with Gasteiger partial charge in [0, 0.05) is 55.8 Å². The lowest BCUT2D eigenvalue weighted by atomic mass is 10.1. The van der Waals surface area contributed by atoms with Crippen LogP contribution in [0.15, 0.2) is 55.0 Å². The summed E-state index contributed by atoms with van der Waals surface area (Å²) >= 11 is 0. The van der Waals surface area contributed by atoms with Crippen LogP contribution in [0.4, 0.5) is 24.8 Å². The molecule has 1 aliphatic heterocycles. The molecule has 0 bridgehead atoms. The number of hydrogen-bond acceptors (Lipinski definition) is 6. The molecular formula is C31H32F3N7O2. The van der Waals surface area contributed by atoms with Gasteiger partial charge in [-0.05, 0) is 67.1 Å². The monoisotopic (exact) mass is 591 g/mol. The number of aryl methyl sites for hydroxylation is 1. The Bertz CT molecular complexity index is 1620. The van der Waals surface area contributed by atoms with E-state index >= 15 is 0 Å². The summed E-state index contributed by atoms with van der Waals surface area (Å²) in [5.74, 6) is -4.15. The highest BCUT2D eigenvalue weighted by molar-refractivity contribution is 5.96. The van der Waals surface area contributed by atoms with Crippen molar-refractivity contribution in [3.8, 4) is 16.9 Å². The molecular weight excluding hydrogens is 559 g/mol. The Morgan fingerprint density at radius 1 is 1.14 bits per heavy atom. The number of nitrogens with two attached hydrogens (primary N) is 1. The van der Waals surface area contributed by atoms with E-state index in [1.807, 2.05) is 24.4 Å². The molecule has 1 saturated heterocycles. The summed E-state index contributed by atoms with van der Waals surface area (Å²) in [4.78, 5) is 32.2. The molecule has 5 rings (SSSR count). The molecule has 1 aliphatic rings. The van der Waals surface area contributed by atoms with Gasteiger partial charge in [0.25, 0.3) is 5.91 Å².